The number of carboxylic acid groups (broad SMARTS) is 1. The molecule has 0 radical (unpaired) electrons. The van der Waals surface area contributed by atoms with Crippen molar-refractivity contribution in [2.24, 2.45) is 11.3 Å². The molecule has 6 nitrogen and oxygen atoms in total. The van der Waals surface area contributed by atoms with Crippen molar-refractivity contribution in [2.75, 3.05) is 20.6 Å². The van der Waals surface area contributed by atoms with E-state index in [4.69, 9.17) is 0 Å². The zero-order chi connectivity index (χ0) is 16.1. The summed E-state index contributed by atoms with van der Waals surface area (Å²) < 4.78 is 0. The van der Waals surface area contributed by atoms with Gasteiger partial charge in [0.2, 0.25) is 0 Å². The maximum absolute atomic E-state index is 12.0. The van der Waals surface area contributed by atoms with Crippen molar-refractivity contribution in [1.29, 1.82) is 0 Å². The molecular formula is C14H29N3O3. The summed E-state index contributed by atoms with van der Waals surface area (Å²) in [5, 5.41) is 14.6. The smallest absolute Gasteiger partial charge is 0.326 e. The van der Waals surface area contributed by atoms with Crippen LogP contribution in [0.5, 0.6) is 0 Å². The molecule has 0 bridgehead atoms. The summed E-state index contributed by atoms with van der Waals surface area (Å²) in [6, 6.07) is -1.39. The molecule has 2 atom stereocenters. The quantitative estimate of drug-likeness (QED) is 0.689. The van der Waals surface area contributed by atoms with Gasteiger partial charge in [-0.2, -0.15) is 0 Å². The molecular weight excluding hydrogens is 258 g/mol. The number of hydrogen-bond donors (Lipinski definition) is 3. The number of rotatable bonds is 6. The Labute approximate surface area is 121 Å². The molecule has 0 saturated carbocycles. The third kappa shape index (κ3) is 6.75. The lowest BCUT2D eigenvalue weighted by Crippen LogP contribution is -2.56. The van der Waals surface area contributed by atoms with Crippen LogP contribution in [0, 0.1) is 11.3 Å². The fourth-order valence-electron chi connectivity index (χ4n) is 1.81. The molecule has 0 saturated heterocycles. The van der Waals surface area contributed by atoms with E-state index in [-0.39, 0.29) is 12.0 Å². The standard InChI is InChI=1S/C14H29N3O3/c1-9(2)10(8-17(6)7)15-13(20)16-11(12(18)19)14(3,4)5/h9-11H,8H2,1-7H3,(H,18,19)(H2,15,16,20)/t10?,11-/m0/s1. The predicted octanol–water partition coefficient (Wildman–Crippen LogP) is 1.37. The molecule has 3 N–H and O–H groups in total. The lowest BCUT2D eigenvalue weighted by atomic mass is 9.87. The Hall–Kier alpha value is -1.30. The van der Waals surface area contributed by atoms with Gasteiger partial charge in [-0.25, -0.2) is 9.59 Å². The zero-order valence-corrected chi connectivity index (χ0v) is 13.7. The van der Waals surface area contributed by atoms with Gasteiger partial charge in [0.15, 0.2) is 0 Å². The first kappa shape index (κ1) is 18.7. The summed E-state index contributed by atoms with van der Waals surface area (Å²) in [5.74, 6) is -0.762. The van der Waals surface area contributed by atoms with Crippen LogP contribution in [0.25, 0.3) is 0 Å². The van der Waals surface area contributed by atoms with Gasteiger partial charge in [0.25, 0.3) is 0 Å². The Morgan fingerprint density at radius 1 is 1.15 bits per heavy atom. The van der Waals surface area contributed by atoms with E-state index in [0.29, 0.717) is 6.54 Å². The molecule has 1 unspecified atom stereocenters. The maximum atomic E-state index is 12.0. The van der Waals surface area contributed by atoms with Crippen molar-refractivity contribution >= 4 is 12.0 Å². The molecule has 20 heavy (non-hydrogen) atoms. The normalized spacial score (nSPS) is 15.1. The van der Waals surface area contributed by atoms with Gasteiger partial charge in [0.1, 0.15) is 6.04 Å². The third-order valence-electron chi connectivity index (χ3n) is 3.07. The predicted molar refractivity (Wildman–Crippen MR) is 79.7 cm³/mol. The SMILES string of the molecule is CC(C)C(CN(C)C)NC(=O)N[C@@H](C(=O)O)C(C)(C)C. The Kier molecular flexibility index (Phi) is 6.99. The molecule has 118 valence electrons. The molecule has 0 spiro atoms. The second-order valence-corrected chi connectivity index (χ2v) is 6.87. The molecule has 0 aliphatic heterocycles. The highest BCUT2D eigenvalue weighted by Crippen LogP contribution is 2.19. The molecule has 0 aromatic rings. The van der Waals surface area contributed by atoms with Crippen LogP contribution in [0.2, 0.25) is 0 Å². The summed E-state index contributed by atoms with van der Waals surface area (Å²) in [7, 11) is 3.87. The summed E-state index contributed by atoms with van der Waals surface area (Å²) in [4.78, 5) is 25.2. The van der Waals surface area contributed by atoms with Gasteiger partial charge >= 0.3 is 12.0 Å². The number of aliphatic carboxylic acids is 1. The van der Waals surface area contributed by atoms with Gasteiger partial charge in [-0.05, 0) is 25.4 Å². The number of nitrogens with zero attached hydrogens (tertiary/aromatic N) is 1. The molecule has 0 aromatic carbocycles. The first-order valence-corrected chi connectivity index (χ1v) is 6.89. The Morgan fingerprint density at radius 3 is 1.95 bits per heavy atom. The summed E-state index contributed by atoms with van der Waals surface area (Å²) in [6.07, 6.45) is 0. The van der Waals surface area contributed by atoms with Crippen LogP contribution in [-0.4, -0.2) is 54.7 Å². The number of carbonyl (C=O) groups is 2. The molecule has 6 heteroatoms. The van der Waals surface area contributed by atoms with E-state index in [1.54, 1.807) is 20.8 Å². The molecule has 0 fully saturated rings. The van der Waals surface area contributed by atoms with Crippen molar-refractivity contribution < 1.29 is 14.7 Å². The average Bonchev–Trinajstić information content (AvgIpc) is 2.22. The third-order valence-corrected chi connectivity index (χ3v) is 3.07. The summed E-state index contributed by atoms with van der Waals surface area (Å²) in [5.41, 5.74) is -0.544. The largest absolute Gasteiger partial charge is 0.480 e. The topological polar surface area (TPSA) is 81.7 Å². The minimum Gasteiger partial charge on any atom is -0.480 e. The molecule has 0 rings (SSSR count). The minimum absolute atomic E-state index is 0.0283. The maximum Gasteiger partial charge on any atom is 0.326 e. The summed E-state index contributed by atoms with van der Waals surface area (Å²) in [6.45, 7) is 10.1. The lowest BCUT2D eigenvalue weighted by molar-refractivity contribution is -0.141. The van der Waals surface area contributed by atoms with Crippen molar-refractivity contribution in [3.05, 3.63) is 0 Å². The van der Waals surface area contributed by atoms with Gasteiger partial charge in [0.05, 0.1) is 0 Å². The van der Waals surface area contributed by atoms with Crippen LogP contribution >= 0.6 is 0 Å². The van der Waals surface area contributed by atoms with Gasteiger partial charge in [-0.1, -0.05) is 34.6 Å². The van der Waals surface area contributed by atoms with Crippen LogP contribution in [0.15, 0.2) is 0 Å². The highest BCUT2D eigenvalue weighted by atomic mass is 16.4. The van der Waals surface area contributed by atoms with E-state index in [1.165, 1.54) is 0 Å². The number of likely N-dealkylation sites (N-methyl/N-ethyl adjacent to an activating group) is 1. The van der Waals surface area contributed by atoms with Crippen molar-refractivity contribution in [3.63, 3.8) is 0 Å². The first-order valence-electron chi connectivity index (χ1n) is 6.89. The molecule has 0 heterocycles. The van der Waals surface area contributed by atoms with E-state index in [9.17, 15) is 14.7 Å². The van der Waals surface area contributed by atoms with Crippen LogP contribution < -0.4 is 10.6 Å². The van der Waals surface area contributed by atoms with E-state index in [2.05, 4.69) is 10.6 Å². The van der Waals surface area contributed by atoms with E-state index in [1.807, 2.05) is 32.8 Å². The highest BCUT2D eigenvalue weighted by molar-refractivity contribution is 5.83. The van der Waals surface area contributed by atoms with Crippen LogP contribution in [0.3, 0.4) is 0 Å². The van der Waals surface area contributed by atoms with E-state index >= 15 is 0 Å². The number of amides is 2. The fourth-order valence-corrected chi connectivity index (χ4v) is 1.81. The molecule has 0 aliphatic carbocycles. The minimum atomic E-state index is -1.03. The number of urea groups is 1. The van der Waals surface area contributed by atoms with Crippen molar-refractivity contribution in [1.82, 2.24) is 15.5 Å². The zero-order valence-electron chi connectivity index (χ0n) is 13.7. The molecule has 2 amide bonds. The fraction of sp³-hybridized carbons (Fsp3) is 0.857. The van der Waals surface area contributed by atoms with Crippen molar-refractivity contribution in [2.45, 2.75) is 46.7 Å². The summed E-state index contributed by atoms with van der Waals surface area (Å²) >= 11 is 0. The van der Waals surface area contributed by atoms with Gasteiger partial charge in [0, 0.05) is 12.6 Å². The second kappa shape index (κ2) is 7.47. The Bertz CT molecular complexity index is 335. The first-order chi connectivity index (χ1) is 8.95. The van der Waals surface area contributed by atoms with Gasteiger partial charge in [-0.15, -0.1) is 0 Å². The molecule has 0 aromatic heterocycles. The van der Waals surface area contributed by atoms with Crippen LogP contribution in [-0.2, 0) is 4.79 Å². The van der Waals surface area contributed by atoms with E-state index in [0.717, 1.165) is 0 Å². The lowest BCUT2D eigenvalue weighted by Gasteiger charge is -2.30. The van der Waals surface area contributed by atoms with Crippen molar-refractivity contribution in [3.8, 4) is 0 Å². The number of nitrogens with one attached hydrogen (secondary N) is 2. The second-order valence-electron chi connectivity index (χ2n) is 6.87. The average molecular weight is 287 g/mol. The Morgan fingerprint density at radius 2 is 1.65 bits per heavy atom. The van der Waals surface area contributed by atoms with Gasteiger partial charge in [-0.3, -0.25) is 0 Å². The highest BCUT2D eigenvalue weighted by Gasteiger charge is 2.33. The number of carbonyl (C=O) groups excluding carboxylic acids is 1. The number of carboxylic acids is 1. The van der Waals surface area contributed by atoms with Gasteiger partial charge < -0.3 is 20.6 Å². The van der Waals surface area contributed by atoms with E-state index < -0.39 is 23.5 Å². The Balaban J connectivity index is 4.69. The van der Waals surface area contributed by atoms with Crippen LogP contribution in [0.4, 0.5) is 4.79 Å². The van der Waals surface area contributed by atoms with Crippen LogP contribution in [0.1, 0.15) is 34.6 Å². The monoisotopic (exact) mass is 287 g/mol. The number of hydrogen-bond acceptors (Lipinski definition) is 3. The molecule has 0 aliphatic rings.